The molecule has 0 unspecified atom stereocenters. The van der Waals surface area contributed by atoms with Gasteiger partial charge in [0, 0.05) is 32.4 Å². The highest BCUT2D eigenvalue weighted by Crippen LogP contribution is 2.27. The highest BCUT2D eigenvalue weighted by Gasteiger charge is 2.34. The Morgan fingerprint density at radius 1 is 1.20 bits per heavy atom. The van der Waals surface area contributed by atoms with Crippen LogP contribution in [0.4, 0.5) is 10.6 Å². The second-order valence-corrected chi connectivity index (χ2v) is 10.4. The number of aromatic nitrogens is 2. The van der Waals surface area contributed by atoms with Crippen molar-refractivity contribution in [3.05, 3.63) is 17.6 Å². The summed E-state index contributed by atoms with van der Waals surface area (Å²) in [5.74, 6) is -0.634. The summed E-state index contributed by atoms with van der Waals surface area (Å²) in [4.78, 5) is 36.8. The first kappa shape index (κ1) is 28.3. The summed E-state index contributed by atoms with van der Waals surface area (Å²) in [6.45, 7) is 17.2. The second-order valence-electron chi connectivity index (χ2n) is 10.4. The third-order valence-electron chi connectivity index (χ3n) is 4.86. The number of ether oxygens (including phenoxy) is 3. The molecule has 1 aliphatic rings. The summed E-state index contributed by atoms with van der Waals surface area (Å²) < 4.78 is 16.4. The van der Waals surface area contributed by atoms with E-state index >= 15 is 0 Å². The molecule has 2 heterocycles. The Bertz CT molecular complexity index is 912. The largest absolute Gasteiger partial charge is 0.462 e. The van der Waals surface area contributed by atoms with Gasteiger partial charge in [-0.25, -0.2) is 19.6 Å². The lowest BCUT2D eigenvalue weighted by Crippen LogP contribution is -2.55. The van der Waals surface area contributed by atoms with Crippen molar-refractivity contribution in [2.24, 2.45) is 5.41 Å². The molecule has 0 spiro atoms. The zero-order valence-electron chi connectivity index (χ0n) is 22.0. The van der Waals surface area contributed by atoms with Crippen molar-refractivity contribution in [1.82, 2.24) is 19.9 Å². The topological polar surface area (TPSA) is 121 Å². The predicted octanol–water partition coefficient (Wildman–Crippen LogP) is 2.86. The highest BCUT2D eigenvalue weighted by atomic mass is 16.6. The average Bonchev–Trinajstić information content (AvgIpc) is 2.77. The molecule has 0 radical (unpaired) electrons. The molecule has 35 heavy (non-hydrogen) atoms. The number of hydrogen-bond donors (Lipinski definition) is 0. The number of amides is 1. The maximum Gasteiger partial charge on any atom is 0.429 e. The van der Waals surface area contributed by atoms with Gasteiger partial charge in [-0.2, -0.15) is 10.2 Å². The van der Waals surface area contributed by atoms with Crippen LogP contribution in [0.3, 0.4) is 0 Å². The zero-order chi connectivity index (χ0) is 26.2. The smallest absolute Gasteiger partial charge is 0.429 e. The molecule has 0 aliphatic carbocycles. The predicted molar refractivity (Wildman–Crippen MR) is 130 cm³/mol. The van der Waals surface area contributed by atoms with Crippen LogP contribution in [0, 0.1) is 16.7 Å². The first-order valence-electron chi connectivity index (χ1n) is 11.9. The first-order valence-corrected chi connectivity index (χ1v) is 11.9. The van der Waals surface area contributed by atoms with E-state index < -0.39 is 17.7 Å². The van der Waals surface area contributed by atoms with Gasteiger partial charge >= 0.3 is 12.1 Å². The van der Waals surface area contributed by atoms with Crippen LogP contribution in [0.5, 0.6) is 0 Å². The van der Waals surface area contributed by atoms with Crippen LogP contribution < -0.4 is 5.01 Å². The highest BCUT2D eigenvalue weighted by molar-refractivity contribution is 5.94. The quantitative estimate of drug-likeness (QED) is 0.397. The van der Waals surface area contributed by atoms with E-state index in [9.17, 15) is 14.9 Å². The fraction of sp³-hybridized carbons (Fsp3) is 0.708. The van der Waals surface area contributed by atoms with Gasteiger partial charge in [-0.05, 0) is 33.1 Å². The van der Waals surface area contributed by atoms with Crippen LogP contribution in [0.25, 0.3) is 0 Å². The maximum absolute atomic E-state index is 13.5. The summed E-state index contributed by atoms with van der Waals surface area (Å²) >= 11 is 0. The van der Waals surface area contributed by atoms with Gasteiger partial charge in [0.15, 0.2) is 5.82 Å². The molecule has 1 amide bonds. The Morgan fingerprint density at radius 2 is 1.86 bits per heavy atom. The summed E-state index contributed by atoms with van der Waals surface area (Å²) in [6, 6.07) is 1.92. The molecule has 1 saturated heterocycles. The normalized spacial score (nSPS) is 14.7. The fourth-order valence-electron chi connectivity index (χ4n) is 3.39. The van der Waals surface area contributed by atoms with Gasteiger partial charge in [-0.15, -0.1) is 0 Å². The molecule has 1 aliphatic heterocycles. The Morgan fingerprint density at radius 3 is 2.40 bits per heavy atom. The first-order chi connectivity index (χ1) is 16.3. The van der Waals surface area contributed by atoms with Crippen LogP contribution >= 0.6 is 0 Å². The number of carbonyl (C=O) groups is 2. The molecule has 194 valence electrons. The number of nitriles is 1. The van der Waals surface area contributed by atoms with Crippen molar-refractivity contribution < 1.29 is 23.8 Å². The lowest BCUT2D eigenvalue weighted by Gasteiger charge is -2.41. The standard InChI is InChI=1S/C24H38N6O5/c1-8-34-21(31)18-16-26-19(15-25)27-20(18)30(17-23(2,3)4)29(22(32)35-24(5,6)7)10-9-28-11-13-33-14-12-28/h16H,8-14,17H2,1-7H3. The van der Waals surface area contributed by atoms with Crippen LogP contribution in [0.2, 0.25) is 0 Å². The van der Waals surface area contributed by atoms with Crippen molar-refractivity contribution >= 4 is 17.9 Å². The average molecular weight is 491 g/mol. The van der Waals surface area contributed by atoms with E-state index in [0.717, 1.165) is 13.1 Å². The monoisotopic (exact) mass is 490 g/mol. The SMILES string of the molecule is CCOC(=O)c1cnc(C#N)nc1N(CC(C)(C)C)N(CCN1CCOCC1)C(=O)OC(C)(C)C. The van der Waals surface area contributed by atoms with Gasteiger partial charge in [-0.3, -0.25) is 9.91 Å². The van der Waals surface area contributed by atoms with E-state index in [-0.39, 0.29) is 35.8 Å². The van der Waals surface area contributed by atoms with Gasteiger partial charge in [0.2, 0.25) is 5.82 Å². The molecule has 11 heteroatoms. The van der Waals surface area contributed by atoms with Crippen LogP contribution in [0.15, 0.2) is 6.20 Å². The van der Waals surface area contributed by atoms with Gasteiger partial charge in [0.25, 0.3) is 0 Å². The van der Waals surface area contributed by atoms with E-state index in [1.54, 1.807) is 32.7 Å². The number of nitrogens with zero attached hydrogens (tertiary/aromatic N) is 6. The number of morpholine rings is 1. The van der Waals surface area contributed by atoms with Crippen molar-refractivity contribution in [3.63, 3.8) is 0 Å². The lowest BCUT2D eigenvalue weighted by molar-refractivity contribution is 0.0104. The lowest BCUT2D eigenvalue weighted by atomic mass is 9.96. The Hall–Kier alpha value is -2.97. The Balaban J connectivity index is 2.58. The van der Waals surface area contributed by atoms with E-state index in [1.807, 2.05) is 26.8 Å². The molecule has 0 atom stereocenters. The molecule has 1 aromatic heterocycles. The van der Waals surface area contributed by atoms with Gasteiger partial charge < -0.3 is 14.2 Å². The number of anilines is 1. The van der Waals surface area contributed by atoms with Crippen molar-refractivity contribution in [3.8, 4) is 6.07 Å². The summed E-state index contributed by atoms with van der Waals surface area (Å²) in [5, 5.41) is 12.5. The molecule has 2 rings (SSSR count). The molecule has 1 aromatic rings. The number of esters is 1. The van der Waals surface area contributed by atoms with E-state index in [0.29, 0.717) is 26.3 Å². The molecule has 0 saturated carbocycles. The minimum absolute atomic E-state index is 0.0648. The number of rotatable bonds is 8. The fourth-order valence-corrected chi connectivity index (χ4v) is 3.39. The van der Waals surface area contributed by atoms with E-state index in [4.69, 9.17) is 14.2 Å². The minimum atomic E-state index is -0.741. The van der Waals surface area contributed by atoms with Gasteiger partial charge in [0.1, 0.15) is 17.2 Å². The minimum Gasteiger partial charge on any atom is -0.462 e. The zero-order valence-corrected chi connectivity index (χ0v) is 22.0. The number of carbonyl (C=O) groups excluding carboxylic acids is 2. The van der Waals surface area contributed by atoms with E-state index in [2.05, 4.69) is 14.9 Å². The summed E-state index contributed by atoms with van der Waals surface area (Å²) in [6.07, 6.45) is 0.686. The van der Waals surface area contributed by atoms with Crippen molar-refractivity contribution in [2.75, 3.05) is 57.6 Å². The molecule has 0 N–H and O–H groups in total. The van der Waals surface area contributed by atoms with Crippen LogP contribution in [0.1, 0.15) is 64.6 Å². The van der Waals surface area contributed by atoms with Crippen LogP contribution in [-0.4, -0.2) is 90.1 Å². The van der Waals surface area contributed by atoms with Gasteiger partial charge in [-0.1, -0.05) is 20.8 Å². The molecule has 11 nitrogen and oxygen atoms in total. The Kier molecular flexibility index (Phi) is 9.80. The summed E-state index contributed by atoms with van der Waals surface area (Å²) in [7, 11) is 0. The molecule has 1 fully saturated rings. The second kappa shape index (κ2) is 12.1. The molecule has 0 aromatic carbocycles. The third-order valence-corrected chi connectivity index (χ3v) is 4.86. The third kappa shape index (κ3) is 8.96. The van der Waals surface area contributed by atoms with E-state index in [1.165, 1.54) is 11.2 Å². The molecular weight excluding hydrogens is 452 g/mol. The van der Waals surface area contributed by atoms with Gasteiger partial charge in [0.05, 0.1) is 26.4 Å². The van der Waals surface area contributed by atoms with Crippen molar-refractivity contribution in [1.29, 1.82) is 5.26 Å². The summed E-state index contributed by atoms with van der Waals surface area (Å²) in [5.41, 5.74) is -0.993. The maximum atomic E-state index is 13.5. The molecular formula is C24H38N6O5. The number of hydrogen-bond acceptors (Lipinski definition) is 10. The Labute approximate surface area is 207 Å². The molecule has 0 bridgehead atoms. The van der Waals surface area contributed by atoms with Crippen LogP contribution in [-0.2, 0) is 14.2 Å². The van der Waals surface area contributed by atoms with Crippen molar-refractivity contribution in [2.45, 2.75) is 54.1 Å². The number of hydrazine groups is 1.